The van der Waals surface area contributed by atoms with Crippen LogP contribution in [0.5, 0.6) is 0 Å². The lowest BCUT2D eigenvalue weighted by molar-refractivity contribution is -0.145. The second-order valence-electron chi connectivity index (χ2n) is 6.02. The first kappa shape index (κ1) is 23.1. The van der Waals surface area contributed by atoms with Crippen LogP contribution in [0, 0.1) is 0 Å². The van der Waals surface area contributed by atoms with Crippen molar-refractivity contribution < 1.29 is 23.5 Å². The van der Waals surface area contributed by atoms with Gasteiger partial charge in [0.05, 0.1) is 11.1 Å². The van der Waals surface area contributed by atoms with Crippen molar-refractivity contribution in [2.75, 3.05) is 13.2 Å². The molecule has 1 unspecified atom stereocenters. The molecule has 8 nitrogen and oxygen atoms in total. The minimum atomic E-state index is -1.07. The van der Waals surface area contributed by atoms with Crippen LogP contribution in [-0.4, -0.2) is 37.0 Å². The monoisotopic (exact) mass is 530 g/mol. The van der Waals surface area contributed by atoms with E-state index in [-0.39, 0.29) is 30.9 Å². The number of hydrogen-bond donors (Lipinski definition) is 2. The number of nitrogens with one attached hydrogen (secondary N) is 2. The van der Waals surface area contributed by atoms with Crippen LogP contribution in [0.1, 0.15) is 37.0 Å². The van der Waals surface area contributed by atoms with Crippen LogP contribution in [0.3, 0.4) is 0 Å². The summed E-state index contributed by atoms with van der Waals surface area (Å²) in [6, 6.07) is 3.72. The molecule has 2 amide bonds. The van der Waals surface area contributed by atoms with Crippen molar-refractivity contribution in [2.45, 2.75) is 32.7 Å². The van der Waals surface area contributed by atoms with Gasteiger partial charge in [0, 0.05) is 22.8 Å². The van der Waals surface area contributed by atoms with Crippen molar-refractivity contribution in [3.05, 3.63) is 43.1 Å². The van der Waals surface area contributed by atoms with Gasteiger partial charge in [-0.2, -0.15) is 0 Å². The SMILES string of the molecule is CCNC(=O)CCC(NC(=O)c1cc2cc(Br)cc(Br)c2oc1=O)C(=O)OCC. The number of esters is 1. The fourth-order valence-electron chi connectivity index (χ4n) is 2.60. The maximum atomic E-state index is 12.7. The van der Waals surface area contributed by atoms with Crippen LogP contribution >= 0.6 is 31.9 Å². The molecule has 0 spiro atoms. The molecule has 0 saturated carbocycles. The Balaban J connectivity index is 2.27. The number of rotatable bonds is 8. The summed E-state index contributed by atoms with van der Waals surface area (Å²) < 4.78 is 11.5. The van der Waals surface area contributed by atoms with Crippen molar-refractivity contribution in [3.63, 3.8) is 0 Å². The van der Waals surface area contributed by atoms with Crippen molar-refractivity contribution in [1.82, 2.24) is 10.6 Å². The molecule has 1 aromatic carbocycles. The molecule has 2 N–H and O–H groups in total. The summed E-state index contributed by atoms with van der Waals surface area (Å²) in [4.78, 5) is 48.8. The molecule has 0 radical (unpaired) electrons. The highest BCUT2D eigenvalue weighted by Crippen LogP contribution is 2.28. The summed E-state index contributed by atoms with van der Waals surface area (Å²) in [6.45, 7) is 3.98. The maximum Gasteiger partial charge on any atom is 0.349 e. The Morgan fingerprint density at radius 3 is 2.55 bits per heavy atom. The number of carbonyl (C=O) groups excluding carboxylic acids is 3. The van der Waals surface area contributed by atoms with Crippen molar-refractivity contribution in [1.29, 1.82) is 0 Å². The molecule has 0 aliphatic rings. The van der Waals surface area contributed by atoms with Gasteiger partial charge in [0.25, 0.3) is 5.91 Å². The van der Waals surface area contributed by atoms with Crippen LogP contribution in [0.4, 0.5) is 0 Å². The van der Waals surface area contributed by atoms with Gasteiger partial charge in [-0.3, -0.25) is 9.59 Å². The predicted molar refractivity (Wildman–Crippen MR) is 114 cm³/mol. The molecule has 0 saturated heterocycles. The smallest absolute Gasteiger partial charge is 0.349 e. The molecular formula is C19H20Br2N2O6. The number of amides is 2. The molecule has 1 atom stereocenters. The van der Waals surface area contributed by atoms with Gasteiger partial charge in [-0.25, -0.2) is 9.59 Å². The number of hydrogen-bond acceptors (Lipinski definition) is 6. The Morgan fingerprint density at radius 1 is 1.17 bits per heavy atom. The van der Waals surface area contributed by atoms with E-state index in [9.17, 15) is 19.2 Å². The van der Waals surface area contributed by atoms with E-state index in [2.05, 4.69) is 42.5 Å². The van der Waals surface area contributed by atoms with Crippen LogP contribution < -0.4 is 16.3 Å². The first-order valence-corrected chi connectivity index (χ1v) is 10.5. The molecule has 1 aromatic heterocycles. The lowest BCUT2D eigenvalue weighted by Crippen LogP contribution is -2.43. The molecule has 0 aliphatic carbocycles. The summed E-state index contributed by atoms with van der Waals surface area (Å²) in [7, 11) is 0. The molecule has 1 heterocycles. The molecule has 156 valence electrons. The van der Waals surface area contributed by atoms with Crippen LogP contribution in [0.2, 0.25) is 0 Å². The van der Waals surface area contributed by atoms with E-state index in [4.69, 9.17) is 9.15 Å². The molecule has 2 aromatic rings. The Labute approximate surface area is 183 Å². The highest BCUT2D eigenvalue weighted by Gasteiger charge is 2.25. The van der Waals surface area contributed by atoms with Gasteiger partial charge >= 0.3 is 11.6 Å². The van der Waals surface area contributed by atoms with Crippen molar-refractivity contribution >= 4 is 60.6 Å². The quantitative estimate of drug-likeness (QED) is 0.400. The second kappa shape index (κ2) is 10.5. The summed E-state index contributed by atoms with van der Waals surface area (Å²) in [5.74, 6) is -1.72. The number of halogens is 2. The summed E-state index contributed by atoms with van der Waals surface area (Å²) in [5, 5.41) is 5.61. The zero-order valence-corrected chi connectivity index (χ0v) is 19.0. The lowest BCUT2D eigenvalue weighted by Gasteiger charge is -2.17. The molecule has 2 rings (SSSR count). The predicted octanol–water partition coefficient (Wildman–Crippen LogP) is 2.90. The highest BCUT2D eigenvalue weighted by molar-refractivity contribution is 9.11. The van der Waals surface area contributed by atoms with Gasteiger partial charge in [0.1, 0.15) is 11.6 Å². The number of benzene rings is 1. The molecule has 0 bridgehead atoms. The Morgan fingerprint density at radius 2 is 1.90 bits per heavy atom. The van der Waals surface area contributed by atoms with Gasteiger partial charge in [-0.15, -0.1) is 0 Å². The topological polar surface area (TPSA) is 115 Å². The van der Waals surface area contributed by atoms with Gasteiger partial charge in [0.15, 0.2) is 5.58 Å². The average molecular weight is 532 g/mol. The number of ether oxygens (including phenoxy) is 1. The largest absolute Gasteiger partial charge is 0.464 e. The third-order valence-electron chi connectivity index (χ3n) is 3.91. The zero-order valence-electron chi connectivity index (χ0n) is 15.8. The lowest BCUT2D eigenvalue weighted by atomic mass is 10.1. The van der Waals surface area contributed by atoms with Gasteiger partial charge < -0.3 is 19.8 Å². The fourth-order valence-corrected chi connectivity index (χ4v) is 3.94. The van der Waals surface area contributed by atoms with Gasteiger partial charge in [0.2, 0.25) is 5.91 Å². The highest BCUT2D eigenvalue weighted by atomic mass is 79.9. The minimum absolute atomic E-state index is 0.0177. The number of fused-ring (bicyclic) bond motifs is 1. The molecule has 29 heavy (non-hydrogen) atoms. The van der Waals surface area contributed by atoms with E-state index in [1.54, 1.807) is 26.0 Å². The van der Waals surface area contributed by atoms with E-state index in [1.165, 1.54) is 6.07 Å². The number of carbonyl (C=O) groups is 3. The minimum Gasteiger partial charge on any atom is -0.464 e. The van der Waals surface area contributed by atoms with E-state index in [0.29, 0.717) is 22.0 Å². The summed E-state index contributed by atoms with van der Waals surface area (Å²) in [5.41, 5.74) is -0.799. The van der Waals surface area contributed by atoms with E-state index in [0.717, 1.165) is 4.47 Å². The summed E-state index contributed by atoms with van der Waals surface area (Å²) in [6.07, 6.45) is 0.0518. The zero-order chi connectivity index (χ0) is 21.6. The van der Waals surface area contributed by atoms with E-state index in [1.807, 2.05) is 0 Å². The van der Waals surface area contributed by atoms with Crippen molar-refractivity contribution in [2.24, 2.45) is 0 Å². The van der Waals surface area contributed by atoms with Gasteiger partial charge in [-0.1, -0.05) is 15.9 Å². The Hall–Kier alpha value is -2.20. The maximum absolute atomic E-state index is 12.7. The first-order valence-electron chi connectivity index (χ1n) is 8.93. The molecular weight excluding hydrogens is 512 g/mol. The Bertz CT molecular complexity index is 989. The van der Waals surface area contributed by atoms with Gasteiger partial charge in [-0.05, 0) is 54.4 Å². The average Bonchev–Trinajstić information content (AvgIpc) is 2.65. The fraction of sp³-hybridized carbons (Fsp3) is 0.368. The van der Waals surface area contributed by atoms with Crippen LogP contribution in [-0.2, 0) is 14.3 Å². The van der Waals surface area contributed by atoms with E-state index < -0.39 is 23.5 Å². The molecule has 0 fully saturated rings. The van der Waals surface area contributed by atoms with Crippen LogP contribution in [0.15, 0.2) is 36.4 Å². The second-order valence-corrected chi connectivity index (χ2v) is 7.79. The van der Waals surface area contributed by atoms with E-state index >= 15 is 0 Å². The third-order valence-corrected chi connectivity index (χ3v) is 4.95. The summed E-state index contributed by atoms with van der Waals surface area (Å²) >= 11 is 6.64. The molecule has 10 heteroatoms. The third kappa shape index (κ3) is 6.14. The first-order chi connectivity index (χ1) is 13.8. The Kier molecular flexibility index (Phi) is 8.39. The van der Waals surface area contributed by atoms with Crippen LogP contribution in [0.25, 0.3) is 11.0 Å². The normalized spacial score (nSPS) is 11.7. The standard InChI is InChI=1S/C19H20Br2N2O6/c1-3-22-15(24)6-5-14(19(27)28-4-2)23-17(25)12-8-10-7-11(20)9-13(21)16(10)29-18(12)26/h7-9,14H,3-6H2,1-2H3,(H,22,24)(H,23,25). The molecule has 0 aliphatic heterocycles. The van der Waals surface area contributed by atoms with Crippen molar-refractivity contribution in [3.8, 4) is 0 Å².